The summed E-state index contributed by atoms with van der Waals surface area (Å²) in [6.45, 7) is 0.954. The molecule has 1 aromatic carbocycles. The van der Waals surface area contributed by atoms with Gasteiger partial charge in [-0.25, -0.2) is 0 Å². The maximum Gasteiger partial charge on any atom is 0.251 e. The van der Waals surface area contributed by atoms with Gasteiger partial charge in [-0.3, -0.25) is 9.59 Å². The average Bonchev–Trinajstić information content (AvgIpc) is 3.34. The van der Waals surface area contributed by atoms with Crippen LogP contribution in [0, 0.1) is 5.92 Å². The number of benzene rings is 1. The molecule has 1 aliphatic rings. The zero-order valence-corrected chi connectivity index (χ0v) is 14.5. The molecule has 0 spiro atoms. The van der Waals surface area contributed by atoms with Gasteiger partial charge in [-0.2, -0.15) is 0 Å². The first-order valence-corrected chi connectivity index (χ1v) is 8.01. The Bertz CT molecular complexity index is 519. The van der Waals surface area contributed by atoms with Crippen LogP contribution in [0.1, 0.15) is 36.0 Å². The van der Waals surface area contributed by atoms with Crippen molar-refractivity contribution in [3.63, 3.8) is 0 Å². The van der Waals surface area contributed by atoms with Crippen LogP contribution in [0.25, 0.3) is 0 Å². The highest BCUT2D eigenvalue weighted by molar-refractivity contribution is 6.30. The second-order valence-corrected chi connectivity index (χ2v) is 6.05. The Morgan fingerprint density at radius 2 is 1.91 bits per heavy atom. The standard InChI is InChI=1S/C16H22ClN3O2.ClH/c17-13-7-5-12(6-8-13)16(22)19-9-1-2-15(21)20-14(10-18)11-3-4-11;/h5-8,11,14H,1-4,9-10,18H2,(H,19,22)(H,20,21);1H. The second-order valence-electron chi connectivity index (χ2n) is 5.61. The first-order chi connectivity index (χ1) is 10.6. The third-order valence-electron chi connectivity index (χ3n) is 3.76. The predicted molar refractivity (Wildman–Crippen MR) is 94.0 cm³/mol. The zero-order valence-electron chi connectivity index (χ0n) is 12.9. The van der Waals surface area contributed by atoms with E-state index in [1.165, 1.54) is 0 Å². The lowest BCUT2D eigenvalue weighted by Crippen LogP contribution is -2.41. The van der Waals surface area contributed by atoms with Gasteiger partial charge in [0.1, 0.15) is 0 Å². The zero-order chi connectivity index (χ0) is 15.9. The summed E-state index contributed by atoms with van der Waals surface area (Å²) in [5, 5.41) is 6.35. The maximum absolute atomic E-state index is 11.9. The molecule has 1 atom stereocenters. The molecule has 0 aliphatic heterocycles. The lowest BCUT2D eigenvalue weighted by molar-refractivity contribution is -0.122. The number of hydrogen-bond acceptors (Lipinski definition) is 3. The molecule has 1 saturated carbocycles. The van der Waals surface area contributed by atoms with Gasteiger partial charge in [-0.05, 0) is 49.4 Å². The van der Waals surface area contributed by atoms with Crippen molar-refractivity contribution in [1.82, 2.24) is 10.6 Å². The van der Waals surface area contributed by atoms with Gasteiger partial charge in [0.25, 0.3) is 5.91 Å². The van der Waals surface area contributed by atoms with Gasteiger partial charge >= 0.3 is 0 Å². The summed E-state index contributed by atoms with van der Waals surface area (Å²) in [6, 6.07) is 6.80. The van der Waals surface area contributed by atoms with E-state index in [0.29, 0.717) is 42.4 Å². The highest BCUT2D eigenvalue weighted by Gasteiger charge is 2.30. The molecule has 0 bridgehead atoms. The van der Waals surface area contributed by atoms with Crippen molar-refractivity contribution in [1.29, 1.82) is 0 Å². The minimum absolute atomic E-state index is 0. The number of nitrogens with two attached hydrogens (primary N) is 1. The lowest BCUT2D eigenvalue weighted by atomic mass is 10.1. The maximum atomic E-state index is 11.9. The van der Waals surface area contributed by atoms with Crippen LogP contribution in [0.5, 0.6) is 0 Å². The molecule has 0 saturated heterocycles. The third kappa shape index (κ3) is 6.77. The van der Waals surface area contributed by atoms with Crippen molar-refractivity contribution >= 4 is 35.8 Å². The Hall–Kier alpha value is -1.30. The number of halogens is 2. The number of nitrogens with one attached hydrogen (secondary N) is 2. The Kier molecular flexibility index (Phi) is 8.37. The van der Waals surface area contributed by atoms with E-state index in [-0.39, 0.29) is 30.3 Å². The predicted octanol–water partition coefficient (Wildman–Crippen LogP) is 2.13. The highest BCUT2D eigenvalue weighted by atomic mass is 35.5. The van der Waals surface area contributed by atoms with Gasteiger partial charge in [0.05, 0.1) is 0 Å². The number of carbonyl (C=O) groups is 2. The van der Waals surface area contributed by atoms with E-state index in [1.54, 1.807) is 24.3 Å². The van der Waals surface area contributed by atoms with E-state index < -0.39 is 0 Å². The van der Waals surface area contributed by atoms with Crippen LogP contribution in [-0.4, -0.2) is 30.9 Å². The normalized spacial score (nSPS) is 14.5. The summed E-state index contributed by atoms with van der Waals surface area (Å²) >= 11 is 5.77. The number of carbonyl (C=O) groups excluding carboxylic acids is 2. The third-order valence-corrected chi connectivity index (χ3v) is 4.02. The molecule has 1 unspecified atom stereocenters. The highest BCUT2D eigenvalue weighted by Crippen LogP contribution is 2.32. The van der Waals surface area contributed by atoms with Crippen molar-refractivity contribution in [2.75, 3.05) is 13.1 Å². The van der Waals surface area contributed by atoms with E-state index >= 15 is 0 Å². The molecule has 2 rings (SSSR count). The topological polar surface area (TPSA) is 84.2 Å². The van der Waals surface area contributed by atoms with Crippen LogP contribution in [0.15, 0.2) is 24.3 Å². The molecule has 1 aromatic rings. The van der Waals surface area contributed by atoms with E-state index in [9.17, 15) is 9.59 Å². The molecule has 0 radical (unpaired) electrons. The molecule has 2 amide bonds. The minimum Gasteiger partial charge on any atom is -0.352 e. The number of rotatable bonds is 8. The average molecular weight is 360 g/mol. The number of hydrogen-bond donors (Lipinski definition) is 3. The minimum atomic E-state index is -0.158. The van der Waals surface area contributed by atoms with E-state index in [1.807, 2.05) is 0 Å². The van der Waals surface area contributed by atoms with Crippen molar-refractivity contribution < 1.29 is 9.59 Å². The summed E-state index contributed by atoms with van der Waals surface area (Å²) in [6.07, 6.45) is 3.30. The molecule has 1 aliphatic carbocycles. The molecule has 23 heavy (non-hydrogen) atoms. The van der Waals surface area contributed by atoms with Gasteiger partial charge in [-0.1, -0.05) is 11.6 Å². The molecular weight excluding hydrogens is 337 g/mol. The summed E-state index contributed by atoms with van der Waals surface area (Å²) in [4.78, 5) is 23.7. The monoisotopic (exact) mass is 359 g/mol. The van der Waals surface area contributed by atoms with Crippen LogP contribution in [0.4, 0.5) is 0 Å². The molecule has 5 nitrogen and oxygen atoms in total. The first-order valence-electron chi connectivity index (χ1n) is 7.63. The molecule has 7 heteroatoms. The van der Waals surface area contributed by atoms with Crippen LogP contribution in [0.2, 0.25) is 5.02 Å². The fraction of sp³-hybridized carbons (Fsp3) is 0.500. The van der Waals surface area contributed by atoms with Crippen molar-refractivity contribution in [2.45, 2.75) is 31.7 Å². The molecule has 128 valence electrons. The second kappa shape index (κ2) is 9.75. The lowest BCUT2D eigenvalue weighted by Gasteiger charge is -2.15. The molecule has 0 aromatic heterocycles. The van der Waals surface area contributed by atoms with Gasteiger partial charge < -0.3 is 16.4 Å². The Morgan fingerprint density at radius 1 is 1.26 bits per heavy atom. The Morgan fingerprint density at radius 3 is 2.48 bits per heavy atom. The summed E-state index contributed by atoms with van der Waals surface area (Å²) in [5.74, 6) is 0.400. The fourth-order valence-corrected chi connectivity index (χ4v) is 2.43. The SMILES string of the molecule is Cl.NCC(NC(=O)CCCNC(=O)c1ccc(Cl)cc1)C1CC1. The van der Waals surface area contributed by atoms with Crippen LogP contribution in [-0.2, 0) is 4.79 Å². The van der Waals surface area contributed by atoms with Gasteiger partial charge in [0.15, 0.2) is 0 Å². The van der Waals surface area contributed by atoms with E-state index in [4.69, 9.17) is 17.3 Å². The largest absolute Gasteiger partial charge is 0.352 e. The van der Waals surface area contributed by atoms with E-state index in [0.717, 1.165) is 12.8 Å². The Labute approximate surface area is 147 Å². The summed E-state index contributed by atoms with van der Waals surface area (Å²) in [5.41, 5.74) is 6.21. The molecule has 0 heterocycles. The van der Waals surface area contributed by atoms with Crippen LogP contribution < -0.4 is 16.4 Å². The van der Waals surface area contributed by atoms with Crippen LogP contribution in [0.3, 0.4) is 0 Å². The van der Waals surface area contributed by atoms with Crippen molar-refractivity contribution in [2.24, 2.45) is 11.7 Å². The van der Waals surface area contributed by atoms with Gasteiger partial charge in [0.2, 0.25) is 5.91 Å². The van der Waals surface area contributed by atoms with Crippen molar-refractivity contribution in [3.05, 3.63) is 34.9 Å². The Balaban J connectivity index is 0.00000264. The number of amides is 2. The quantitative estimate of drug-likeness (QED) is 0.621. The molecule has 4 N–H and O–H groups in total. The fourth-order valence-electron chi connectivity index (χ4n) is 2.30. The van der Waals surface area contributed by atoms with Crippen molar-refractivity contribution in [3.8, 4) is 0 Å². The van der Waals surface area contributed by atoms with E-state index in [2.05, 4.69) is 10.6 Å². The van der Waals surface area contributed by atoms with Crippen LogP contribution >= 0.6 is 24.0 Å². The molecular formula is C16H23Cl2N3O2. The molecule has 1 fully saturated rings. The smallest absolute Gasteiger partial charge is 0.251 e. The first kappa shape index (κ1) is 19.7. The van der Waals surface area contributed by atoms with Gasteiger partial charge in [-0.15, -0.1) is 12.4 Å². The van der Waals surface area contributed by atoms with Gasteiger partial charge in [0, 0.05) is 36.1 Å². The summed E-state index contributed by atoms with van der Waals surface area (Å²) < 4.78 is 0. The summed E-state index contributed by atoms with van der Waals surface area (Å²) in [7, 11) is 0.